The van der Waals surface area contributed by atoms with Crippen LogP contribution in [0.2, 0.25) is 0 Å². The molecule has 54 valence electrons. The molecule has 1 fully saturated rings. The molecule has 1 aliphatic heterocycles. The van der Waals surface area contributed by atoms with Crippen molar-refractivity contribution < 1.29 is 9.53 Å². The molecule has 0 N–H and O–H groups in total. The molecule has 1 heterocycles. The van der Waals surface area contributed by atoms with E-state index >= 15 is 0 Å². The van der Waals surface area contributed by atoms with E-state index in [-0.39, 0.29) is 5.91 Å². The topological polar surface area (TPSA) is 38.7 Å². The van der Waals surface area contributed by atoms with Crippen LogP contribution in [0.1, 0.15) is 6.92 Å². The van der Waals surface area contributed by atoms with Gasteiger partial charge in [-0.2, -0.15) is 4.99 Å². The summed E-state index contributed by atoms with van der Waals surface area (Å²) in [5.74, 6) is 2.03. The summed E-state index contributed by atoms with van der Waals surface area (Å²) in [6.07, 6.45) is 0. The first-order valence-corrected chi connectivity index (χ1v) is 3.04. The van der Waals surface area contributed by atoms with Gasteiger partial charge < -0.3 is 4.74 Å². The summed E-state index contributed by atoms with van der Waals surface area (Å²) in [5.41, 5.74) is -0.398. The average Bonchev–Trinajstić information content (AvgIpc) is 1.83. The standard InChI is InChI=1S/C7H9NO2/c1-3-8-6(9)7(2)4-10-5-7/h1,4-5H2,2H3. The maximum absolute atomic E-state index is 11.0. The van der Waals surface area contributed by atoms with Crippen LogP contribution in [0.4, 0.5) is 0 Å². The largest absolute Gasteiger partial charge is 0.379 e. The minimum absolute atomic E-state index is 0.186. The lowest BCUT2D eigenvalue weighted by atomic mass is 9.88. The highest BCUT2D eigenvalue weighted by molar-refractivity contribution is 5.88. The summed E-state index contributed by atoms with van der Waals surface area (Å²) in [6, 6.07) is 0. The fraction of sp³-hybridized carbons (Fsp3) is 0.571. The number of nitrogens with zero attached hydrogens (tertiary/aromatic N) is 1. The molecular weight excluding hydrogens is 130 g/mol. The van der Waals surface area contributed by atoms with Crippen molar-refractivity contribution in [1.29, 1.82) is 0 Å². The van der Waals surface area contributed by atoms with E-state index in [4.69, 9.17) is 4.74 Å². The number of hydrogen-bond donors (Lipinski definition) is 0. The zero-order chi connectivity index (χ0) is 7.61. The predicted molar refractivity (Wildman–Crippen MR) is 37.0 cm³/mol. The normalized spacial score (nSPS) is 20.5. The Morgan fingerprint density at radius 2 is 2.40 bits per heavy atom. The number of carbonyl (C=O) groups is 1. The molecule has 0 aromatic carbocycles. The zero-order valence-corrected chi connectivity index (χ0v) is 5.89. The van der Waals surface area contributed by atoms with Crippen LogP contribution in [-0.2, 0) is 9.53 Å². The number of amides is 1. The van der Waals surface area contributed by atoms with E-state index in [1.807, 2.05) is 6.92 Å². The highest BCUT2D eigenvalue weighted by atomic mass is 16.5. The third kappa shape index (κ3) is 1.01. The van der Waals surface area contributed by atoms with Crippen LogP contribution in [0.5, 0.6) is 0 Å². The molecule has 3 nitrogen and oxygen atoms in total. The number of carbonyl (C=O) groups excluding carboxylic acids is 1. The van der Waals surface area contributed by atoms with Crippen LogP contribution < -0.4 is 0 Å². The van der Waals surface area contributed by atoms with E-state index in [1.54, 1.807) is 0 Å². The van der Waals surface area contributed by atoms with Crippen LogP contribution >= 0.6 is 0 Å². The lowest BCUT2D eigenvalue weighted by Gasteiger charge is -2.33. The van der Waals surface area contributed by atoms with Crippen molar-refractivity contribution in [1.82, 2.24) is 0 Å². The minimum Gasteiger partial charge on any atom is -0.379 e. The predicted octanol–water partition coefficient (Wildman–Crippen LogP) is 0.405. The molecule has 1 amide bonds. The van der Waals surface area contributed by atoms with Crippen molar-refractivity contribution in [3.05, 3.63) is 6.58 Å². The van der Waals surface area contributed by atoms with Crippen LogP contribution in [0, 0.1) is 5.41 Å². The number of aliphatic imine (C=N–C) groups is 1. The smallest absolute Gasteiger partial charge is 0.264 e. The molecule has 1 aliphatic rings. The Labute approximate surface area is 59.4 Å². The molecule has 1 rings (SSSR count). The van der Waals surface area contributed by atoms with Crippen molar-refractivity contribution in [2.45, 2.75) is 6.92 Å². The Morgan fingerprint density at radius 3 is 2.70 bits per heavy atom. The third-order valence-electron chi connectivity index (χ3n) is 1.54. The van der Waals surface area contributed by atoms with Gasteiger partial charge in [-0.3, -0.25) is 4.79 Å². The Bertz CT molecular complexity index is 200. The Kier molecular flexibility index (Phi) is 1.70. The lowest BCUT2D eigenvalue weighted by Crippen LogP contribution is -2.45. The van der Waals surface area contributed by atoms with E-state index in [0.717, 1.165) is 0 Å². The molecule has 0 radical (unpaired) electrons. The van der Waals surface area contributed by atoms with Gasteiger partial charge in [0.1, 0.15) is 0 Å². The highest BCUT2D eigenvalue weighted by Gasteiger charge is 2.40. The van der Waals surface area contributed by atoms with Crippen molar-refractivity contribution in [3.63, 3.8) is 0 Å². The summed E-state index contributed by atoms with van der Waals surface area (Å²) in [7, 11) is 0. The van der Waals surface area contributed by atoms with E-state index < -0.39 is 5.41 Å². The van der Waals surface area contributed by atoms with E-state index in [1.165, 1.54) is 0 Å². The number of hydrogen-bond acceptors (Lipinski definition) is 2. The van der Waals surface area contributed by atoms with E-state index in [9.17, 15) is 4.79 Å². The van der Waals surface area contributed by atoms with Crippen LogP contribution in [0.25, 0.3) is 0 Å². The maximum atomic E-state index is 11.0. The summed E-state index contributed by atoms with van der Waals surface area (Å²) in [5, 5.41) is 0. The molecule has 3 heteroatoms. The fourth-order valence-corrected chi connectivity index (χ4v) is 0.738. The van der Waals surface area contributed by atoms with Crippen molar-refractivity contribution in [3.8, 4) is 0 Å². The van der Waals surface area contributed by atoms with Gasteiger partial charge in [-0.05, 0) is 19.4 Å². The first-order chi connectivity index (χ1) is 4.69. The van der Waals surface area contributed by atoms with E-state index in [0.29, 0.717) is 13.2 Å². The zero-order valence-electron chi connectivity index (χ0n) is 5.89. The van der Waals surface area contributed by atoms with Crippen molar-refractivity contribution in [2.75, 3.05) is 13.2 Å². The van der Waals surface area contributed by atoms with Gasteiger partial charge in [0.05, 0.1) is 18.6 Å². The second kappa shape index (κ2) is 2.37. The maximum Gasteiger partial charge on any atom is 0.264 e. The molecular formula is C7H9NO2. The third-order valence-corrected chi connectivity index (χ3v) is 1.54. The molecule has 0 bridgehead atoms. The monoisotopic (exact) mass is 139 g/mol. The first kappa shape index (κ1) is 7.19. The quantitative estimate of drug-likeness (QED) is 0.493. The van der Waals surface area contributed by atoms with Gasteiger partial charge >= 0.3 is 0 Å². The molecule has 0 spiro atoms. The van der Waals surface area contributed by atoms with Crippen molar-refractivity contribution in [2.24, 2.45) is 10.4 Å². The van der Waals surface area contributed by atoms with Crippen LogP contribution in [-0.4, -0.2) is 25.0 Å². The second-order valence-corrected chi connectivity index (χ2v) is 2.63. The summed E-state index contributed by atoms with van der Waals surface area (Å²) >= 11 is 0. The SMILES string of the molecule is C=C=NC(=O)C1(C)COC1. The summed E-state index contributed by atoms with van der Waals surface area (Å²) in [4.78, 5) is 14.4. The van der Waals surface area contributed by atoms with Gasteiger partial charge in [0.2, 0.25) is 0 Å². The Morgan fingerprint density at radius 1 is 1.80 bits per heavy atom. The van der Waals surface area contributed by atoms with Crippen LogP contribution in [0.15, 0.2) is 11.6 Å². The van der Waals surface area contributed by atoms with Gasteiger partial charge in [-0.1, -0.05) is 0 Å². The Balaban J connectivity index is 2.63. The van der Waals surface area contributed by atoms with Gasteiger partial charge in [0.25, 0.3) is 5.91 Å². The van der Waals surface area contributed by atoms with Gasteiger partial charge in [-0.15, -0.1) is 0 Å². The average molecular weight is 139 g/mol. The number of ether oxygens (including phenoxy) is 1. The molecule has 0 aromatic rings. The molecule has 10 heavy (non-hydrogen) atoms. The number of rotatable bonds is 1. The second-order valence-electron chi connectivity index (χ2n) is 2.63. The fourth-order valence-electron chi connectivity index (χ4n) is 0.738. The molecule has 0 aromatic heterocycles. The molecule has 0 unspecified atom stereocenters. The summed E-state index contributed by atoms with van der Waals surface area (Å²) < 4.78 is 4.88. The lowest BCUT2D eigenvalue weighted by molar-refractivity contribution is -0.153. The Hall–Kier alpha value is -0.920. The van der Waals surface area contributed by atoms with Gasteiger partial charge in [0.15, 0.2) is 0 Å². The minimum atomic E-state index is -0.398. The van der Waals surface area contributed by atoms with Gasteiger partial charge in [0, 0.05) is 0 Å². The van der Waals surface area contributed by atoms with Gasteiger partial charge in [-0.25, -0.2) is 0 Å². The molecule has 0 saturated carbocycles. The first-order valence-electron chi connectivity index (χ1n) is 3.04. The van der Waals surface area contributed by atoms with Crippen LogP contribution in [0.3, 0.4) is 0 Å². The molecule has 0 atom stereocenters. The molecule has 1 saturated heterocycles. The van der Waals surface area contributed by atoms with Crippen molar-refractivity contribution >= 4 is 11.8 Å². The molecule has 0 aliphatic carbocycles. The highest BCUT2D eigenvalue weighted by Crippen LogP contribution is 2.27. The summed E-state index contributed by atoms with van der Waals surface area (Å²) in [6.45, 7) is 5.98. The van der Waals surface area contributed by atoms with E-state index in [2.05, 4.69) is 17.4 Å².